The van der Waals surface area contributed by atoms with Gasteiger partial charge in [0.1, 0.15) is 5.52 Å². The summed E-state index contributed by atoms with van der Waals surface area (Å²) < 4.78 is 0.893. The van der Waals surface area contributed by atoms with Gasteiger partial charge in [0.25, 0.3) is 0 Å². The van der Waals surface area contributed by atoms with Crippen LogP contribution in [0, 0.1) is 0 Å². The number of fused-ring (bicyclic) bond motifs is 1. The number of anilines is 1. The highest BCUT2D eigenvalue weighted by Gasteiger charge is 2.23. The fourth-order valence-electron chi connectivity index (χ4n) is 2.66. The second-order valence-corrected chi connectivity index (χ2v) is 6.14. The molecular formula is C13H14BrClN4. The molecule has 19 heavy (non-hydrogen) atoms. The molecule has 2 heterocycles. The predicted octanol–water partition coefficient (Wildman–Crippen LogP) is 3.82. The van der Waals surface area contributed by atoms with E-state index in [9.17, 15) is 0 Å². The Balaban J connectivity index is 2.11. The molecular weight excluding hydrogens is 328 g/mol. The molecule has 0 unspecified atom stereocenters. The highest BCUT2D eigenvalue weighted by atomic mass is 79.9. The van der Waals surface area contributed by atoms with Gasteiger partial charge in [0, 0.05) is 23.8 Å². The highest BCUT2D eigenvalue weighted by Crippen LogP contribution is 2.30. The molecule has 0 spiro atoms. The largest absolute Gasteiger partial charge is 0.355 e. The van der Waals surface area contributed by atoms with Crippen LogP contribution >= 0.6 is 27.5 Å². The molecule has 1 fully saturated rings. The number of rotatable bonds is 2. The van der Waals surface area contributed by atoms with E-state index >= 15 is 0 Å². The fraction of sp³-hybridized carbons (Fsp3) is 0.462. The minimum absolute atomic E-state index is 0.271. The van der Waals surface area contributed by atoms with Crippen LogP contribution in [0.2, 0.25) is 5.28 Å². The molecule has 2 aromatic rings. The molecule has 1 aliphatic rings. The number of nitrogens with zero attached hydrogens (tertiary/aromatic N) is 4. The van der Waals surface area contributed by atoms with Gasteiger partial charge in [-0.2, -0.15) is 4.98 Å². The molecule has 0 aliphatic heterocycles. The van der Waals surface area contributed by atoms with Gasteiger partial charge in [-0.05, 0) is 46.4 Å². The summed E-state index contributed by atoms with van der Waals surface area (Å²) >= 11 is 9.44. The molecule has 3 rings (SSSR count). The summed E-state index contributed by atoms with van der Waals surface area (Å²) in [4.78, 5) is 15.3. The molecule has 0 N–H and O–H groups in total. The standard InChI is InChI=1S/C13H14BrClN4/c1-19(9-4-2-3-5-9)12-11-10(17-13(15)18-12)6-8(14)7-16-11/h6-7,9H,2-5H2,1H3. The van der Waals surface area contributed by atoms with Crippen molar-refractivity contribution in [3.05, 3.63) is 22.0 Å². The molecule has 0 aromatic carbocycles. The van der Waals surface area contributed by atoms with Gasteiger partial charge in [0.2, 0.25) is 5.28 Å². The van der Waals surface area contributed by atoms with Crippen LogP contribution < -0.4 is 4.90 Å². The highest BCUT2D eigenvalue weighted by molar-refractivity contribution is 9.10. The maximum Gasteiger partial charge on any atom is 0.225 e. The van der Waals surface area contributed by atoms with Crippen molar-refractivity contribution in [3.63, 3.8) is 0 Å². The van der Waals surface area contributed by atoms with Crippen LogP contribution in [0.1, 0.15) is 25.7 Å². The number of hydrogen-bond acceptors (Lipinski definition) is 4. The van der Waals surface area contributed by atoms with E-state index in [4.69, 9.17) is 11.6 Å². The molecule has 6 heteroatoms. The molecule has 0 amide bonds. The third-order valence-electron chi connectivity index (χ3n) is 3.66. The number of pyridine rings is 1. The van der Waals surface area contributed by atoms with Gasteiger partial charge in [0.15, 0.2) is 5.82 Å². The molecule has 4 nitrogen and oxygen atoms in total. The van der Waals surface area contributed by atoms with Crippen LogP contribution in [0.3, 0.4) is 0 Å². The normalized spacial score (nSPS) is 16.2. The molecule has 100 valence electrons. The number of aromatic nitrogens is 3. The van der Waals surface area contributed by atoms with Crippen molar-refractivity contribution in [2.24, 2.45) is 0 Å². The lowest BCUT2D eigenvalue weighted by Crippen LogP contribution is -2.30. The van der Waals surface area contributed by atoms with Gasteiger partial charge in [-0.3, -0.25) is 0 Å². The molecule has 1 aliphatic carbocycles. The summed E-state index contributed by atoms with van der Waals surface area (Å²) in [5, 5.41) is 0.271. The van der Waals surface area contributed by atoms with Crippen molar-refractivity contribution in [1.82, 2.24) is 15.0 Å². The predicted molar refractivity (Wildman–Crippen MR) is 80.7 cm³/mol. The van der Waals surface area contributed by atoms with Crippen LogP contribution in [0.25, 0.3) is 11.0 Å². The van der Waals surface area contributed by atoms with Crippen LogP contribution in [-0.2, 0) is 0 Å². The second kappa shape index (κ2) is 5.21. The lowest BCUT2D eigenvalue weighted by molar-refractivity contribution is 0.647. The van der Waals surface area contributed by atoms with Gasteiger partial charge < -0.3 is 4.90 Å². The van der Waals surface area contributed by atoms with Gasteiger partial charge in [-0.15, -0.1) is 0 Å². The third-order valence-corrected chi connectivity index (χ3v) is 4.27. The zero-order valence-corrected chi connectivity index (χ0v) is 12.9. The Morgan fingerprint density at radius 2 is 2.05 bits per heavy atom. The van der Waals surface area contributed by atoms with Crippen LogP contribution in [0.15, 0.2) is 16.7 Å². The Labute approximate surface area is 125 Å². The maximum atomic E-state index is 6.03. The zero-order valence-electron chi connectivity index (χ0n) is 10.6. The zero-order chi connectivity index (χ0) is 13.4. The molecule has 1 saturated carbocycles. The minimum Gasteiger partial charge on any atom is -0.355 e. The Morgan fingerprint density at radius 3 is 2.79 bits per heavy atom. The van der Waals surface area contributed by atoms with E-state index in [0.717, 1.165) is 21.3 Å². The quantitative estimate of drug-likeness (QED) is 0.779. The molecule has 0 bridgehead atoms. The molecule has 2 aromatic heterocycles. The van der Waals surface area contributed by atoms with Crippen LogP contribution in [0.4, 0.5) is 5.82 Å². The van der Waals surface area contributed by atoms with Crippen LogP contribution in [-0.4, -0.2) is 28.0 Å². The summed E-state index contributed by atoms with van der Waals surface area (Å²) in [6, 6.07) is 2.45. The number of halogens is 2. The lowest BCUT2D eigenvalue weighted by atomic mass is 10.2. The smallest absolute Gasteiger partial charge is 0.225 e. The number of hydrogen-bond donors (Lipinski definition) is 0. The Morgan fingerprint density at radius 1 is 1.32 bits per heavy atom. The van der Waals surface area contributed by atoms with Crippen molar-refractivity contribution < 1.29 is 0 Å². The van der Waals surface area contributed by atoms with Gasteiger partial charge in [-0.25, -0.2) is 9.97 Å². The average molecular weight is 342 g/mol. The topological polar surface area (TPSA) is 41.9 Å². The summed E-state index contributed by atoms with van der Waals surface area (Å²) in [5.74, 6) is 0.828. The minimum atomic E-state index is 0.271. The van der Waals surface area contributed by atoms with Crippen molar-refractivity contribution in [1.29, 1.82) is 0 Å². The third kappa shape index (κ3) is 2.54. The van der Waals surface area contributed by atoms with Crippen molar-refractivity contribution in [2.75, 3.05) is 11.9 Å². The van der Waals surface area contributed by atoms with Crippen molar-refractivity contribution in [2.45, 2.75) is 31.7 Å². The summed E-state index contributed by atoms with van der Waals surface area (Å²) in [6.07, 6.45) is 6.74. The molecule has 0 radical (unpaired) electrons. The van der Waals surface area contributed by atoms with E-state index in [1.807, 2.05) is 6.07 Å². The first kappa shape index (κ1) is 13.1. The second-order valence-electron chi connectivity index (χ2n) is 4.89. The Bertz CT molecular complexity index is 608. The summed E-state index contributed by atoms with van der Waals surface area (Å²) in [7, 11) is 2.07. The Kier molecular flexibility index (Phi) is 3.58. The SMILES string of the molecule is CN(c1nc(Cl)nc2cc(Br)cnc12)C1CCCC1. The van der Waals surface area contributed by atoms with Gasteiger partial charge >= 0.3 is 0 Å². The van der Waals surface area contributed by atoms with Crippen LogP contribution in [0.5, 0.6) is 0 Å². The first-order valence-corrected chi connectivity index (χ1v) is 7.54. The summed E-state index contributed by atoms with van der Waals surface area (Å²) in [6.45, 7) is 0. The summed E-state index contributed by atoms with van der Waals surface area (Å²) in [5.41, 5.74) is 1.58. The van der Waals surface area contributed by atoms with Crippen molar-refractivity contribution in [3.8, 4) is 0 Å². The first-order chi connectivity index (χ1) is 9.15. The monoisotopic (exact) mass is 340 g/mol. The fourth-order valence-corrected chi connectivity index (χ4v) is 3.15. The van der Waals surface area contributed by atoms with E-state index in [2.05, 4.69) is 42.8 Å². The van der Waals surface area contributed by atoms with Gasteiger partial charge in [-0.1, -0.05) is 12.8 Å². The average Bonchev–Trinajstić information content (AvgIpc) is 2.90. The van der Waals surface area contributed by atoms with E-state index in [0.29, 0.717) is 6.04 Å². The van der Waals surface area contributed by atoms with E-state index in [1.165, 1.54) is 25.7 Å². The van der Waals surface area contributed by atoms with E-state index < -0.39 is 0 Å². The van der Waals surface area contributed by atoms with E-state index in [1.54, 1.807) is 6.20 Å². The molecule has 0 saturated heterocycles. The van der Waals surface area contributed by atoms with Crippen molar-refractivity contribution >= 4 is 44.4 Å². The Hall–Kier alpha value is -0.940. The van der Waals surface area contributed by atoms with E-state index in [-0.39, 0.29) is 5.28 Å². The molecule has 0 atom stereocenters. The lowest BCUT2D eigenvalue weighted by Gasteiger charge is -2.26. The maximum absolute atomic E-state index is 6.03. The first-order valence-electron chi connectivity index (χ1n) is 6.37. The van der Waals surface area contributed by atoms with Gasteiger partial charge in [0.05, 0.1) is 5.52 Å².